The first-order chi connectivity index (χ1) is 8.61. The molecule has 0 aromatic heterocycles. The number of piperidine rings is 1. The Labute approximate surface area is 109 Å². The SMILES string of the molecule is CNC1CCCC1CCN1C(=O)CC(C)CC1=O. The monoisotopic (exact) mass is 252 g/mol. The highest BCUT2D eigenvalue weighted by atomic mass is 16.2. The maximum Gasteiger partial charge on any atom is 0.229 e. The number of carbonyl (C=O) groups is 2. The average molecular weight is 252 g/mol. The van der Waals surface area contributed by atoms with Crippen molar-refractivity contribution < 1.29 is 9.59 Å². The van der Waals surface area contributed by atoms with Gasteiger partial charge in [0.25, 0.3) is 0 Å². The lowest BCUT2D eigenvalue weighted by Gasteiger charge is -2.30. The molecular formula is C14H24N2O2. The molecule has 0 spiro atoms. The largest absolute Gasteiger partial charge is 0.317 e. The highest BCUT2D eigenvalue weighted by Crippen LogP contribution is 2.29. The van der Waals surface area contributed by atoms with E-state index in [1.165, 1.54) is 24.2 Å². The summed E-state index contributed by atoms with van der Waals surface area (Å²) >= 11 is 0. The molecular weight excluding hydrogens is 228 g/mol. The molecule has 0 radical (unpaired) electrons. The zero-order chi connectivity index (χ0) is 13.1. The van der Waals surface area contributed by atoms with E-state index in [4.69, 9.17) is 0 Å². The Bertz CT molecular complexity index is 312. The average Bonchev–Trinajstić information content (AvgIpc) is 2.75. The van der Waals surface area contributed by atoms with Crippen molar-refractivity contribution >= 4 is 11.8 Å². The van der Waals surface area contributed by atoms with Crippen LogP contribution in [0.3, 0.4) is 0 Å². The fourth-order valence-corrected chi connectivity index (χ4v) is 3.33. The van der Waals surface area contributed by atoms with Gasteiger partial charge in [0.2, 0.25) is 11.8 Å². The molecule has 4 nitrogen and oxygen atoms in total. The van der Waals surface area contributed by atoms with Crippen LogP contribution in [-0.2, 0) is 9.59 Å². The fraction of sp³-hybridized carbons (Fsp3) is 0.857. The van der Waals surface area contributed by atoms with Crippen LogP contribution in [0.25, 0.3) is 0 Å². The van der Waals surface area contributed by atoms with Crippen LogP contribution in [0.2, 0.25) is 0 Å². The Kier molecular flexibility index (Phi) is 4.38. The van der Waals surface area contributed by atoms with E-state index in [1.54, 1.807) is 0 Å². The summed E-state index contributed by atoms with van der Waals surface area (Å²) in [4.78, 5) is 25.2. The van der Waals surface area contributed by atoms with Gasteiger partial charge in [-0.15, -0.1) is 0 Å². The second-order valence-electron chi connectivity index (χ2n) is 5.83. The second-order valence-corrected chi connectivity index (χ2v) is 5.83. The highest BCUT2D eigenvalue weighted by molar-refractivity contribution is 5.97. The van der Waals surface area contributed by atoms with E-state index in [0.717, 1.165) is 6.42 Å². The van der Waals surface area contributed by atoms with Crippen LogP contribution in [0.1, 0.15) is 45.4 Å². The van der Waals surface area contributed by atoms with Gasteiger partial charge >= 0.3 is 0 Å². The predicted octanol–water partition coefficient (Wildman–Crippen LogP) is 1.55. The first-order valence-corrected chi connectivity index (χ1v) is 7.12. The Hall–Kier alpha value is -0.900. The van der Waals surface area contributed by atoms with Gasteiger partial charge in [-0.1, -0.05) is 13.3 Å². The number of rotatable bonds is 4. The lowest BCUT2D eigenvalue weighted by atomic mass is 9.95. The van der Waals surface area contributed by atoms with Gasteiger partial charge < -0.3 is 5.32 Å². The number of hydrogen-bond acceptors (Lipinski definition) is 3. The molecule has 0 aromatic rings. The Morgan fingerprint density at radius 1 is 1.22 bits per heavy atom. The van der Waals surface area contributed by atoms with Gasteiger partial charge in [-0.05, 0) is 38.1 Å². The third-order valence-electron chi connectivity index (χ3n) is 4.40. The van der Waals surface area contributed by atoms with Crippen molar-refractivity contribution in [3.05, 3.63) is 0 Å². The van der Waals surface area contributed by atoms with Gasteiger partial charge in [0.15, 0.2) is 0 Å². The van der Waals surface area contributed by atoms with E-state index in [9.17, 15) is 9.59 Å². The Balaban J connectivity index is 1.85. The van der Waals surface area contributed by atoms with Crippen molar-refractivity contribution in [3.8, 4) is 0 Å². The standard InChI is InChI=1S/C14H24N2O2/c1-10-8-13(17)16(14(18)9-10)7-6-11-4-3-5-12(11)15-2/h10-12,15H,3-9H2,1-2H3. The molecule has 1 aliphatic carbocycles. The third-order valence-corrected chi connectivity index (χ3v) is 4.40. The van der Waals surface area contributed by atoms with Crippen molar-refractivity contribution in [2.45, 2.75) is 51.5 Å². The van der Waals surface area contributed by atoms with Crippen molar-refractivity contribution in [2.75, 3.05) is 13.6 Å². The quantitative estimate of drug-likeness (QED) is 0.772. The molecule has 102 valence electrons. The van der Waals surface area contributed by atoms with Crippen LogP contribution < -0.4 is 5.32 Å². The van der Waals surface area contributed by atoms with Gasteiger partial charge in [0.1, 0.15) is 0 Å². The Morgan fingerprint density at radius 3 is 2.50 bits per heavy atom. The van der Waals surface area contributed by atoms with E-state index in [0.29, 0.717) is 31.3 Å². The maximum absolute atomic E-state index is 11.9. The molecule has 2 fully saturated rings. The first kappa shape index (κ1) is 13.5. The molecule has 1 N–H and O–H groups in total. The summed E-state index contributed by atoms with van der Waals surface area (Å²) in [6.45, 7) is 2.59. The van der Waals surface area contributed by atoms with Crippen molar-refractivity contribution in [2.24, 2.45) is 11.8 Å². The lowest BCUT2D eigenvalue weighted by Crippen LogP contribution is -2.44. The van der Waals surface area contributed by atoms with Crippen molar-refractivity contribution in [1.82, 2.24) is 10.2 Å². The molecule has 1 saturated carbocycles. The van der Waals surface area contributed by atoms with Crippen LogP contribution >= 0.6 is 0 Å². The lowest BCUT2D eigenvalue weighted by molar-refractivity contribution is -0.149. The fourth-order valence-electron chi connectivity index (χ4n) is 3.33. The summed E-state index contributed by atoms with van der Waals surface area (Å²) in [5, 5.41) is 3.34. The molecule has 18 heavy (non-hydrogen) atoms. The molecule has 1 saturated heterocycles. The molecule has 1 heterocycles. The molecule has 0 bridgehead atoms. The molecule has 4 heteroatoms. The molecule has 2 unspecified atom stereocenters. The van der Waals surface area contributed by atoms with Crippen molar-refractivity contribution in [1.29, 1.82) is 0 Å². The Morgan fingerprint density at radius 2 is 1.89 bits per heavy atom. The summed E-state index contributed by atoms with van der Waals surface area (Å²) in [6, 6.07) is 0.568. The minimum Gasteiger partial charge on any atom is -0.317 e. The van der Waals surface area contributed by atoms with Gasteiger partial charge in [0, 0.05) is 25.4 Å². The molecule has 2 amide bonds. The molecule has 2 rings (SSSR count). The van der Waals surface area contributed by atoms with Crippen molar-refractivity contribution in [3.63, 3.8) is 0 Å². The number of imide groups is 1. The van der Waals surface area contributed by atoms with E-state index in [1.807, 2.05) is 14.0 Å². The number of amides is 2. The number of carbonyl (C=O) groups excluding carboxylic acids is 2. The van der Waals surface area contributed by atoms with Crippen LogP contribution in [0, 0.1) is 11.8 Å². The van der Waals surface area contributed by atoms with E-state index >= 15 is 0 Å². The van der Waals surface area contributed by atoms with Crippen LogP contribution in [0.15, 0.2) is 0 Å². The maximum atomic E-state index is 11.9. The summed E-state index contributed by atoms with van der Waals surface area (Å²) in [5.41, 5.74) is 0. The zero-order valence-electron chi connectivity index (χ0n) is 11.4. The second kappa shape index (κ2) is 5.83. The van der Waals surface area contributed by atoms with E-state index in [2.05, 4.69) is 5.32 Å². The zero-order valence-corrected chi connectivity index (χ0v) is 11.4. The van der Waals surface area contributed by atoms with Gasteiger partial charge in [-0.25, -0.2) is 0 Å². The number of nitrogens with zero attached hydrogens (tertiary/aromatic N) is 1. The van der Waals surface area contributed by atoms with Crippen LogP contribution in [0.4, 0.5) is 0 Å². The number of hydrogen-bond donors (Lipinski definition) is 1. The van der Waals surface area contributed by atoms with E-state index in [-0.39, 0.29) is 17.7 Å². The topological polar surface area (TPSA) is 49.4 Å². The van der Waals surface area contributed by atoms with Crippen LogP contribution in [0.5, 0.6) is 0 Å². The number of nitrogens with one attached hydrogen (secondary N) is 1. The van der Waals surface area contributed by atoms with E-state index < -0.39 is 0 Å². The molecule has 1 aliphatic heterocycles. The number of likely N-dealkylation sites (tertiary alicyclic amines) is 1. The summed E-state index contributed by atoms with van der Waals surface area (Å²) in [5.74, 6) is 0.892. The van der Waals surface area contributed by atoms with Gasteiger partial charge in [-0.2, -0.15) is 0 Å². The first-order valence-electron chi connectivity index (χ1n) is 7.12. The highest BCUT2D eigenvalue weighted by Gasteiger charge is 2.32. The summed E-state index contributed by atoms with van der Waals surface area (Å²) < 4.78 is 0. The van der Waals surface area contributed by atoms with Crippen LogP contribution in [-0.4, -0.2) is 36.3 Å². The minimum absolute atomic E-state index is 0.0257. The van der Waals surface area contributed by atoms with Gasteiger partial charge in [-0.3, -0.25) is 14.5 Å². The smallest absolute Gasteiger partial charge is 0.229 e. The third kappa shape index (κ3) is 2.91. The molecule has 2 aliphatic rings. The predicted molar refractivity (Wildman–Crippen MR) is 69.9 cm³/mol. The summed E-state index contributed by atoms with van der Waals surface area (Å²) in [6.07, 6.45) is 5.72. The normalized spacial score (nSPS) is 30.2. The van der Waals surface area contributed by atoms with Gasteiger partial charge in [0.05, 0.1) is 0 Å². The molecule has 0 aromatic carbocycles. The minimum atomic E-state index is 0.0257. The molecule has 2 atom stereocenters. The summed E-state index contributed by atoms with van der Waals surface area (Å²) in [7, 11) is 2.00.